The molecule has 3 atom stereocenters. The van der Waals surface area contributed by atoms with Gasteiger partial charge in [0.05, 0.1) is 12.1 Å². The highest BCUT2D eigenvalue weighted by Gasteiger charge is 2.22. The fraction of sp³-hybridized carbons (Fsp3) is 0.600. The van der Waals surface area contributed by atoms with E-state index in [0.717, 1.165) is 17.7 Å². The Morgan fingerprint density at radius 3 is 2.16 bits per heavy atom. The summed E-state index contributed by atoms with van der Waals surface area (Å²) in [7, 11) is -1.57. The lowest BCUT2D eigenvalue weighted by Gasteiger charge is -2.25. The van der Waals surface area contributed by atoms with Crippen LogP contribution in [0.4, 0.5) is 0 Å². The topological polar surface area (TPSA) is 55.5 Å². The number of benzene rings is 1. The molecule has 1 aromatic carbocycles. The van der Waals surface area contributed by atoms with Gasteiger partial charge in [-0.3, -0.25) is 0 Å². The van der Waals surface area contributed by atoms with Gasteiger partial charge in [0.2, 0.25) is 8.32 Å². The van der Waals surface area contributed by atoms with Crippen LogP contribution in [0.3, 0.4) is 0 Å². The predicted molar refractivity (Wildman–Crippen MR) is 82.8 cm³/mol. The standard InChI is InChI=1S/C15H27NO2Si/c1-6-11(2)15(17)14(16)12-7-9-13(10-8-12)18-19(3,4)5/h7-11,14-15,17H,6,16H2,1-5H3/t11?,14-,15+/m1/s1. The van der Waals surface area contributed by atoms with Crippen LogP contribution in [0.15, 0.2) is 24.3 Å². The van der Waals surface area contributed by atoms with Crippen molar-refractivity contribution in [2.24, 2.45) is 11.7 Å². The van der Waals surface area contributed by atoms with Crippen LogP contribution in [0.1, 0.15) is 31.9 Å². The highest BCUT2D eigenvalue weighted by Crippen LogP contribution is 2.24. The summed E-state index contributed by atoms with van der Waals surface area (Å²) >= 11 is 0. The first-order chi connectivity index (χ1) is 8.74. The lowest BCUT2D eigenvalue weighted by Crippen LogP contribution is -2.31. The molecule has 0 aliphatic carbocycles. The molecule has 0 heterocycles. The molecule has 3 N–H and O–H groups in total. The summed E-state index contributed by atoms with van der Waals surface area (Å²) in [5, 5.41) is 10.1. The lowest BCUT2D eigenvalue weighted by molar-refractivity contribution is 0.0880. The van der Waals surface area contributed by atoms with Crippen LogP contribution in [0.25, 0.3) is 0 Å². The average Bonchev–Trinajstić information content (AvgIpc) is 2.35. The summed E-state index contributed by atoms with van der Waals surface area (Å²) in [4.78, 5) is 0. The number of nitrogens with two attached hydrogens (primary N) is 1. The highest BCUT2D eigenvalue weighted by atomic mass is 28.4. The molecule has 19 heavy (non-hydrogen) atoms. The largest absolute Gasteiger partial charge is 0.544 e. The zero-order valence-corrected chi connectivity index (χ0v) is 13.7. The van der Waals surface area contributed by atoms with Crippen LogP contribution in [0.2, 0.25) is 19.6 Å². The monoisotopic (exact) mass is 281 g/mol. The van der Waals surface area contributed by atoms with E-state index < -0.39 is 14.4 Å². The molecule has 0 amide bonds. The fourth-order valence-electron chi connectivity index (χ4n) is 1.90. The van der Waals surface area contributed by atoms with Crippen molar-refractivity contribution >= 4 is 8.32 Å². The van der Waals surface area contributed by atoms with Gasteiger partial charge in [-0.1, -0.05) is 32.4 Å². The second-order valence-electron chi connectivity index (χ2n) is 6.19. The van der Waals surface area contributed by atoms with Crippen LogP contribution in [0, 0.1) is 5.92 Å². The first-order valence-electron chi connectivity index (χ1n) is 6.97. The third-order valence-corrected chi connectivity index (χ3v) is 4.13. The van der Waals surface area contributed by atoms with E-state index in [9.17, 15) is 5.11 Å². The van der Waals surface area contributed by atoms with Gasteiger partial charge in [-0.15, -0.1) is 0 Å². The van der Waals surface area contributed by atoms with Crippen molar-refractivity contribution in [3.05, 3.63) is 29.8 Å². The van der Waals surface area contributed by atoms with Crippen molar-refractivity contribution in [1.82, 2.24) is 0 Å². The number of aliphatic hydroxyl groups excluding tert-OH is 1. The van der Waals surface area contributed by atoms with Gasteiger partial charge >= 0.3 is 0 Å². The molecule has 0 bridgehead atoms. The zero-order valence-electron chi connectivity index (χ0n) is 12.7. The molecule has 0 aliphatic heterocycles. The van der Waals surface area contributed by atoms with E-state index in [-0.39, 0.29) is 12.0 Å². The van der Waals surface area contributed by atoms with Crippen LogP contribution < -0.4 is 10.2 Å². The Bertz CT molecular complexity index is 386. The molecule has 0 fully saturated rings. The summed E-state index contributed by atoms with van der Waals surface area (Å²) in [6, 6.07) is 7.45. The third-order valence-electron chi connectivity index (χ3n) is 3.28. The molecule has 0 spiro atoms. The van der Waals surface area contributed by atoms with E-state index in [1.54, 1.807) is 0 Å². The molecule has 3 nitrogen and oxygen atoms in total. The first-order valence-corrected chi connectivity index (χ1v) is 10.4. The Morgan fingerprint density at radius 2 is 1.74 bits per heavy atom. The molecule has 0 saturated heterocycles. The van der Waals surface area contributed by atoms with E-state index in [4.69, 9.17) is 10.2 Å². The maximum Gasteiger partial charge on any atom is 0.242 e. The summed E-state index contributed by atoms with van der Waals surface area (Å²) in [5.74, 6) is 1.08. The second-order valence-corrected chi connectivity index (χ2v) is 10.6. The first kappa shape index (κ1) is 16.2. The van der Waals surface area contributed by atoms with Gasteiger partial charge in [-0.2, -0.15) is 0 Å². The molecule has 0 aromatic heterocycles. The minimum absolute atomic E-state index is 0.202. The Kier molecular flexibility index (Phi) is 5.59. The molecule has 0 saturated carbocycles. The summed E-state index contributed by atoms with van der Waals surface area (Å²) < 4.78 is 5.90. The number of aliphatic hydroxyl groups is 1. The summed E-state index contributed by atoms with van der Waals surface area (Å²) in [6.07, 6.45) is 0.417. The molecule has 0 radical (unpaired) electrons. The van der Waals surface area contributed by atoms with Crippen LogP contribution in [-0.4, -0.2) is 19.5 Å². The van der Waals surface area contributed by atoms with Crippen LogP contribution >= 0.6 is 0 Å². The van der Waals surface area contributed by atoms with Gasteiger partial charge in [-0.05, 0) is 43.3 Å². The Hall–Kier alpha value is -0.843. The smallest absolute Gasteiger partial charge is 0.242 e. The molecule has 4 heteroatoms. The fourth-order valence-corrected chi connectivity index (χ4v) is 2.75. The van der Waals surface area contributed by atoms with E-state index in [2.05, 4.69) is 26.6 Å². The van der Waals surface area contributed by atoms with E-state index in [0.29, 0.717) is 0 Å². The van der Waals surface area contributed by atoms with Crippen molar-refractivity contribution in [1.29, 1.82) is 0 Å². The second kappa shape index (κ2) is 6.55. The van der Waals surface area contributed by atoms with Crippen molar-refractivity contribution in [2.45, 2.75) is 52.1 Å². The van der Waals surface area contributed by atoms with Crippen molar-refractivity contribution in [3.63, 3.8) is 0 Å². The normalized spacial score (nSPS) is 16.8. The third kappa shape index (κ3) is 4.97. The molecular formula is C15H27NO2Si. The molecule has 1 rings (SSSR count). The van der Waals surface area contributed by atoms with Gasteiger partial charge in [-0.25, -0.2) is 0 Å². The minimum Gasteiger partial charge on any atom is -0.544 e. The zero-order chi connectivity index (χ0) is 14.6. The van der Waals surface area contributed by atoms with Crippen molar-refractivity contribution in [2.75, 3.05) is 0 Å². The lowest BCUT2D eigenvalue weighted by atomic mass is 9.92. The van der Waals surface area contributed by atoms with E-state index in [1.807, 2.05) is 31.2 Å². The molecule has 108 valence electrons. The quantitative estimate of drug-likeness (QED) is 0.787. The van der Waals surface area contributed by atoms with Crippen molar-refractivity contribution < 1.29 is 9.53 Å². The van der Waals surface area contributed by atoms with Crippen molar-refractivity contribution in [3.8, 4) is 5.75 Å². The number of rotatable bonds is 6. The van der Waals surface area contributed by atoms with Gasteiger partial charge in [0.1, 0.15) is 5.75 Å². The number of hydrogen-bond donors (Lipinski definition) is 2. The Morgan fingerprint density at radius 1 is 1.21 bits per heavy atom. The van der Waals surface area contributed by atoms with Gasteiger partial charge in [0, 0.05) is 0 Å². The molecule has 0 aliphatic rings. The Labute approximate surface area is 117 Å². The van der Waals surface area contributed by atoms with Crippen LogP contribution in [-0.2, 0) is 0 Å². The SMILES string of the molecule is CCC(C)[C@H](O)[C@H](N)c1ccc(O[Si](C)(C)C)cc1. The van der Waals surface area contributed by atoms with Gasteiger partial charge in [0.25, 0.3) is 0 Å². The van der Waals surface area contributed by atoms with E-state index in [1.165, 1.54) is 0 Å². The van der Waals surface area contributed by atoms with Gasteiger partial charge < -0.3 is 15.3 Å². The molecule has 1 aromatic rings. The van der Waals surface area contributed by atoms with Gasteiger partial charge in [0.15, 0.2) is 0 Å². The maximum atomic E-state index is 10.1. The molecule has 1 unspecified atom stereocenters. The maximum absolute atomic E-state index is 10.1. The Balaban J connectivity index is 2.76. The summed E-state index contributed by atoms with van der Waals surface area (Å²) in [5.41, 5.74) is 7.06. The van der Waals surface area contributed by atoms with Crippen LogP contribution in [0.5, 0.6) is 5.75 Å². The predicted octanol–water partition coefficient (Wildman–Crippen LogP) is 3.31. The average molecular weight is 281 g/mol. The summed E-state index contributed by atoms with van der Waals surface area (Å²) in [6.45, 7) is 10.5. The van der Waals surface area contributed by atoms with E-state index >= 15 is 0 Å². The highest BCUT2D eigenvalue weighted by molar-refractivity contribution is 6.70. The minimum atomic E-state index is -1.57. The number of hydrogen-bond acceptors (Lipinski definition) is 3. The molecular weight excluding hydrogens is 254 g/mol.